The second kappa shape index (κ2) is 5.12. The van der Waals surface area contributed by atoms with E-state index >= 15 is 0 Å². The summed E-state index contributed by atoms with van der Waals surface area (Å²) in [7, 11) is 0. The van der Waals surface area contributed by atoms with E-state index in [-0.39, 0.29) is 11.3 Å². The predicted molar refractivity (Wildman–Crippen MR) is 95.7 cm³/mol. The van der Waals surface area contributed by atoms with Crippen molar-refractivity contribution in [2.75, 3.05) is 0 Å². The molecular formula is C20H24N2O. The summed E-state index contributed by atoms with van der Waals surface area (Å²) in [6.45, 7) is 10.5. The van der Waals surface area contributed by atoms with Gasteiger partial charge in [-0.3, -0.25) is 10.2 Å². The molecule has 0 bridgehead atoms. The zero-order chi connectivity index (χ0) is 16.8. The topological polar surface area (TPSA) is 41.1 Å². The van der Waals surface area contributed by atoms with Crippen LogP contribution in [0.5, 0.6) is 0 Å². The van der Waals surface area contributed by atoms with Crippen LogP contribution in [0.15, 0.2) is 42.1 Å². The number of benzene rings is 2. The maximum absolute atomic E-state index is 11.9. The largest absolute Gasteiger partial charge is 0.302 e. The van der Waals surface area contributed by atoms with Gasteiger partial charge in [-0.2, -0.15) is 0 Å². The smallest absolute Gasteiger partial charge is 0.249 e. The van der Waals surface area contributed by atoms with E-state index < -0.39 is 5.41 Å². The lowest BCUT2D eigenvalue weighted by molar-refractivity contribution is -0.125. The van der Waals surface area contributed by atoms with Crippen LogP contribution in [0.25, 0.3) is 16.8 Å². The van der Waals surface area contributed by atoms with E-state index in [9.17, 15) is 4.79 Å². The van der Waals surface area contributed by atoms with E-state index in [1.807, 2.05) is 13.8 Å². The van der Waals surface area contributed by atoms with Crippen LogP contribution in [0, 0.1) is 5.41 Å². The first-order valence-electron chi connectivity index (χ1n) is 8.01. The van der Waals surface area contributed by atoms with Crippen molar-refractivity contribution in [2.24, 2.45) is 5.41 Å². The van der Waals surface area contributed by atoms with Crippen LogP contribution < -0.4 is 10.9 Å². The van der Waals surface area contributed by atoms with Gasteiger partial charge in [-0.05, 0) is 47.2 Å². The number of hydrazine groups is 1. The van der Waals surface area contributed by atoms with Gasteiger partial charge in [0, 0.05) is 5.70 Å². The minimum Gasteiger partial charge on any atom is -0.302 e. The van der Waals surface area contributed by atoms with Crippen LogP contribution in [-0.4, -0.2) is 5.91 Å². The Morgan fingerprint density at radius 3 is 2.39 bits per heavy atom. The van der Waals surface area contributed by atoms with Gasteiger partial charge in [-0.15, -0.1) is 0 Å². The first-order chi connectivity index (χ1) is 10.7. The average Bonchev–Trinajstić information content (AvgIpc) is 2.73. The van der Waals surface area contributed by atoms with Gasteiger partial charge < -0.3 is 5.43 Å². The molecule has 0 saturated carbocycles. The quantitative estimate of drug-likeness (QED) is 0.831. The summed E-state index contributed by atoms with van der Waals surface area (Å²) in [5.41, 5.74) is 8.63. The van der Waals surface area contributed by atoms with E-state index in [1.54, 1.807) is 0 Å². The Balaban J connectivity index is 2.17. The normalized spacial score (nSPS) is 19.0. The van der Waals surface area contributed by atoms with E-state index in [4.69, 9.17) is 0 Å². The van der Waals surface area contributed by atoms with Crippen LogP contribution in [0.3, 0.4) is 0 Å². The highest BCUT2D eigenvalue weighted by Gasteiger charge is 2.37. The predicted octanol–water partition coefficient (Wildman–Crippen LogP) is 4.14. The van der Waals surface area contributed by atoms with E-state index in [0.717, 1.165) is 11.3 Å². The van der Waals surface area contributed by atoms with Crippen LogP contribution in [0.2, 0.25) is 0 Å². The highest BCUT2D eigenvalue weighted by atomic mass is 16.2. The fourth-order valence-electron chi connectivity index (χ4n) is 2.82. The van der Waals surface area contributed by atoms with Crippen LogP contribution in [0.4, 0.5) is 0 Å². The molecule has 2 N–H and O–H groups in total. The van der Waals surface area contributed by atoms with Crippen LogP contribution >= 0.6 is 0 Å². The maximum Gasteiger partial charge on any atom is 0.249 e. The summed E-state index contributed by atoms with van der Waals surface area (Å²) in [6.07, 6.45) is 2.08. The van der Waals surface area contributed by atoms with Crippen molar-refractivity contribution < 1.29 is 4.79 Å². The molecule has 1 fully saturated rings. The monoisotopic (exact) mass is 308 g/mol. The molecule has 3 heteroatoms. The van der Waals surface area contributed by atoms with Gasteiger partial charge in [0.25, 0.3) is 0 Å². The number of hydrogen-bond donors (Lipinski definition) is 2. The van der Waals surface area contributed by atoms with E-state index in [2.05, 4.69) is 74.1 Å². The van der Waals surface area contributed by atoms with E-state index in [0.29, 0.717) is 0 Å². The molecule has 1 aliphatic heterocycles. The third kappa shape index (κ3) is 2.72. The van der Waals surface area contributed by atoms with Gasteiger partial charge in [0.1, 0.15) is 0 Å². The standard InChI is InChI=1S/C20H24N2O/c1-19(2,3)15-10-9-13-7-6-8-14(16(13)12-15)11-17-20(4,5)18(23)22-21-17/h6-12,21H,1-5H3,(H,22,23)/b17-11-. The zero-order valence-electron chi connectivity index (χ0n) is 14.4. The number of carbonyl (C=O) groups excluding carboxylic acids is 1. The highest BCUT2D eigenvalue weighted by Crippen LogP contribution is 2.32. The molecule has 2 aromatic rings. The summed E-state index contributed by atoms with van der Waals surface area (Å²) in [6, 6.07) is 12.9. The minimum absolute atomic E-state index is 0.000586. The van der Waals surface area contributed by atoms with Crippen molar-refractivity contribution in [3.05, 3.63) is 53.2 Å². The third-order valence-electron chi connectivity index (χ3n) is 4.63. The third-order valence-corrected chi connectivity index (χ3v) is 4.63. The molecule has 0 atom stereocenters. The summed E-state index contributed by atoms with van der Waals surface area (Å²) in [5, 5.41) is 2.42. The summed E-state index contributed by atoms with van der Waals surface area (Å²) in [4.78, 5) is 11.9. The molecule has 1 heterocycles. The Hall–Kier alpha value is -2.29. The Morgan fingerprint density at radius 2 is 1.78 bits per heavy atom. The Morgan fingerprint density at radius 1 is 1.04 bits per heavy atom. The van der Waals surface area contributed by atoms with Gasteiger partial charge in [0.05, 0.1) is 5.41 Å². The Bertz CT molecular complexity index is 810. The molecule has 0 radical (unpaired) electrons. The molecule has 0 aliphatic carbocycles. The summed E-state index contributed by atoms with van der Waals surface area (Å²) < 4.78 is 0. The van der Waals surface area contributed by atoms with Crippen molar-refractivity contribution in [2.45, 2.75) is 40.0 Å². The van der Waals surface area contributed by atoms with Crippen LogP contribution in [-0.2, 0) is 10.2 Å². The SMILES string of the molecule is CC1(C)C(=O)NN/C1=C\c1cccc2ccc(C(C)(C)C)cc12. The molecule has 2 aromatic carbocycles. The van der Waals surface area contributed by atoms with Crippen LogP contribution in [0.1, 0.15) is 45.7 Å². The fraction of sp³-hybridized carbons (Fsp3) is 0.350. The van der Waals surface area contributed by atoms with Gasteiger partial charge >= 0.3 is 0 Å². The molecule has 0 unspecified atom stereocenters. The Kier molecular flexibility index (Phi) is 3.47. The maximum atomic E-state index is 11.9. The first-order valence-corrected chi connectivity index (χ1v) is 8.01. The average molecular weight is 308 g/mol. The molecule has 1 amide bonds. The van der Waals surface area contributed by atoms with Crippen molar-refractivity contribution >= 4 is 22.8 Å². The number of amides is 1. The van der Waals surface area contributed by atoms with Crippen molar-refractivity contribution in [3.63, 3.8) is 0 Å². The van der Waals surface area contributed by atoms with Crippen molar-refractivity contribution in [3.8, 4) is 0 Å². The number of nitrogens with one attached hydrogen (secondary N) is 2. The number of fused-ring (bicyclic) bond motifs is 1. The second-order valence-electron chi connectivity index (χ2n) is 7.80. The molecule has 120 valence electrons. The molecule has 3 nitrogen and oxygen atoms in total. The molecule has 1 saturated heterocycles. The molecule has 3 rings (SSSR count). The zero-order valence-corrected chi connectivity index (χ0v) is 14.4. The van der Waals surface area contributed by atoms with Gasteiger partial charge in [-0.25, -0.2) is 0 Å². The Labute approximate surface area is 137 Å². The highest BCUT2D eigenvalue weighted by molar-refractivity contribution is 5.94. The minimum atomic E-state index is -0.538. The second-order valence-corrected chi connectivity index (χ2v) is 7.80. The lowest BCUT2D eigenvalue weighted by Crippen LogP contribution is -2.28. The summed E-state index contributed by atoms with van der Waals surface area (Å²) in [5.74, 6) is -0.000586. The summed E-state index contributed by atoms with van der Waals surface area (Å²) >= 11 is 0. The number of hydrogen-bond acceptors (Lipinski definition) is 2. The van der Waals surface area contributed by atoms with E-state index in [1.165, 1.54) is 16.3 Å². The van der Waals surface area contributed by atoms with Crippen molar-refractivity contribution in [1.29, 1.82) is 0 Å². The lowest BCUT2D eigenvalue weighted by atomic mass is 9.84. The molecule has 0 spiro atoms. The first kappa shape index (κ1) is 15.6. The molecule has 0 aromatic heterocycles. The van der Waals surface area contributed by atoms with Gasteiger partial charge in [0.2, 0.25) is 5.91 Å². The van der Waals surface area contributed by atoms with Gasteiger partial charge in [-0.1, -0.05) is 57.2 Å². The number of carbonyl (C=O) groups is 1. The van der Waals surface area contributed by atoms with Crippen molar-refractivity contribution in [1.82, 2.24) is 10.9 Å². The number of rotatable bonds is 1. The molecule has 23 heavy (non-hydrogen) atoms. The molecular weight excluding hydrogens is 284 g/mol. The van der Waals surface area contributed by atoms with Gasteiger partial charge in [0.15, 0.2) is 0 Å². The fourth-order valence-corrected chi connectivity index (χ4v) is 2.82. The lowest BCUT2D eigenvalue weighted by Gasteiger charge is -2.20. The molecule has 1 aliphatic rings.